The van der Waals surface area contributed by atoms with Crippen LogP contribution in [0.5, 0.6) is 0 Å². The van der Waals surface area contributed by atoms with Gasteiger partial charge in [0.25, 0.3) is 0 Å². The van der Waals surface area contributed by atoms with Crippen LogP contribution in [-0.2, 0) is 0 Å². The molecular weight excluding hydrogens is 182 g/mol. The SMILES string of the molecule is C=C(CCCC(C)C)NCCCC(C)C. The zero-order valence-corrected chi connectivity index (χ0v) is 11.1. The largest absolute Gasteiger partial charge is 0.389 e. The fourth-order valence-electron chi connectivity index (χ4n) is 1.59. The van der Waals surface area contributed by atoms with E-state index in [0.29, 0.717) is 0 Å². The van der Waals surface area contributed by atoms with E-state index in [1.165, 1.54) is 31.4 Å². The van der Waals surface area contributed by atoms with Gasteiger partial charge in [0.05, 0.1) is 0 Å². The normalized spacial score (nSPS) is 11.1. The quantitative estimate of drug-likeness (QED) is 0.559. The molecule has 0 saturated carbocycles. The second-order valence-electron chi connectivity index (χ2n) is 5.35. The Morgan fingerprint density at radius 2 is 1.53 bits per heavy atom. The van der Waals surface area contributed by atoms with Gasteiger partial charge in [-0.1, -0.05) is 40.7 Å². The standard InChI is InChI=1S/C14H29N/c1-12(2)8-6-10-14(5)15-11-7-9-13(3)4/h12-13,15H,5-11H2,1-4H3. The molecule has 0 atom stereocenters. The first-order chi connectivity index (χ1) is 7.02. The van der Waals surface area contributed by atoms with Crippen molar-refractivity contribution in [1.29, 1.82) is 0 Å². The number of nitrogens with one attached hydrogen (secondary N) is 1. The van der Waals surface area contributed by atoms with Crippen LogP contribution in [0.1, 0.15) is 59.8 Å². The molecule has 0 aliphatic heterocycles. The number of rotatable bonds is 9. The van der Waals surface area contributed by atoms with Gasteiger partial charge in [0.2, 0.25) is 0 Å². The molecule has 0 aromatic rings. The number of hydrogen-bond acceptors (Lipinski definition) is 1. The fraction of sp³-hybridized carbons (Fsp3) is 0.857. The van der Waals surface area contributed by atoms with Crippen molar-refractivity contribution in [2.24, 2.45) is 11.8 Å². The summed E-state index contributed by atoms with van der Waals surface area (Å²) in [5.41, 5.74) is 1.22. The molecule has 0 fully saturated rings. The van der Waals surface area contributed by atoms with Crippen molar-refractivity contribution in [2.45, 2.75) is 59.8 Å². The summed E-state index contributed by atoms with van der Waals surface area (Å²) in [6, 6.07) is 0. The summed E-state index contributed by atoms with van der Waals surface area (Å²) >= 11 is 0. The van der Waals surface area contributed by atoms with Crippen LogP contribution in [0, 0.1) is 11.8 Å². The van der Waals surface area contributed by atoms with Gasteiger partial charge in [0, 0.05) is 12.2 Å². The molecule has 1 nitrogen and oxygen atoms in total. The molecule has 0 heterocycles. The van der Waals surface area contributed by atoms with Gasteiger partial charge in [-0.2, -0.15) is 0 Å². The van der Waals surface area contributed by atoms with Gasteiger partial charge in [0.1, 0.15) is 0 Å². The van der Waals surface area contributed by atoms with Crippen LogP contribution in [0.2, 0.25) is 0 Å². The molecule has 0 unspecified atom stereocenters. The van der Waals surface area contributed by atoms with Gasteiger partial charge in [-0.25, -0.2) is 0 Å². The van der Waals surface area contributed by atoms with Crippen molar-refractivity contribution >= 4 is 0 Å². The highest BCUT2D eigenvalue weighted by atomic mass is 14.9. The average Bonchev–Trinajstić information content (AvgIpc) is 2.11. The van der Waals surface area contributed by atoms with Gasteiger partial charge < -0.3 is 5.32 Å². The Kier molecular flexibility index (Phi) is 8.55. The van der Waals surface area contributed by atoms with Crippen LogP contribution in [0.4, 0.5) is 0 Å². The first-order valence-corrected chi connectivity index (χ1v) is 6.44. The Labute approximate surface area is 96.3 Å². The van der Waals surface area contributed by atoms with Crippen LogP contribution < -0.4 is 5.32 Å². The summed E-state index contributed by atoms with van der Waals surface area (Å²) in [6.45, 7) is 14.3. The lowest BCUT2D eigenvalue weighted by Gasteiger charge is -2.11. The van der Waals surface area contributed by atoms with E-state index in [2.05, 4.69) is 39.6 Å². The minimum atomic E-state index is 0.818. The summed E-state index contributed by atoms with van der Waals surface area (Å²) in [7, 11) is 0. The van der Waals surface area contributed by atoms with E-state index in [-0.39, 0.29) is 0 Å². The molecular formula is C14H29N. The molecule has 0 saturated heterocycles. The van der Waals surface area contributed by atoms with E-state index in [9.17, 15) is 0 Å². The minimum absolute atomic E-state index is 0.818. The van der Waals surface area contributed by atoms with Crippen molar-refractivity contribution in [3.8, 4) is 0 Å². The van der Waals surface area contributed by atoms with Gasteiger partial charge in [-0.3, -0.25) is 0 Å². The maximum Gasteiger partial charge on any atom is 0.0143 e. The zero-order valence-electron chi connectivity index (χ0n) is 11.1. The third kappa shape index (κ3) is 11.5. The average molecular weight is 211 g/mol. The molecule has 1 heteroatoms. The van der Waals surface area contributed by atoms with E-state index < -0.39 is 0 Å². The van der Waals surface area contributed by atoms with Crippen LogP contribution in [-0.4, -0.2) is 6.54 Å². The summed E-state index contributed by atoms with van der Waals surface area (Å²) in [5.74, 6) is 1.64. The highest BCUT2D eigenvalue weighted by Gasteiger charge is 1.98. The summed E-state index contributed by atoms with van der Waals surface area (Å²) in [6.07, 6.45) is 6.30. The van der Waals surface area contributed by atoms with Crippen LogP contribution >= 0.6 is 0 Å². The predicted octanol–water partition coefficient (Wildman–Crippen LogP) is 4.35. The van der Waals surface area contributed by atoms with E-state index in [0.717, 1.165) is 24.8 Å². The Morgan fingerprint density at radius 3 is 2.07 bits per heavy atom. The first kappa shape index (κ1) is 14.5. The maximum absolute atomic E-state index is 4.06. The lowest BCUT2D eigenvalue weighted by molar-refractivity contribution is 0.525. The molecule has 90 valence electrons. The van der Waals surface area contributed by atoms with Gasteiger partial charge in [-0.05, 0) is 37.5 Å². The number of hydrogen-bond donors (Lipinski definition) is 1. The Bertz CT molecular complexity index is 159. The van der Waals surface area contributed by atoms with Crippen LogP contribution in [0.15, 0.2) is 12.3 Å². The van der Waals surface area contributed by atoms with Crippen LogP contribution in [0.25, 0.3) is 0 Å². The van der Waals surface area contributed by atoms with E-state index in [1.54, 1.807) is 0 Å². The first-order valence-electron chi connectivity index (χ1n) is 6.44. The van der Waals surface area contributed by atoms with E-state index in [4.69, 9.17) is 0 Å². The third-order valence-electron chi connectivity index (χ3n) is 2.59. The predicted molar refractivity (Wildman–Crippen MR) is 69.9 cm³/mol. The summed E-state index contributed by atoms with van der Waals surface area (Å²) < 4.78 is 0. The van der Waals surface area contributed by atoms with Gasteiger partial charge >= 0.3 is 0 Å². The summed E-state index contributed by atoms with van der Waals surface area (Å²) in [5, 5.41) is 3.42. The summed E-state index contributed by atoms with van der Waals surface area (Å²) in [4.78, 5) is 0. The lowest BCUT2D eigenvalue weighted by atomic mass is 10.1. The second kappa shape index (κ2) is 8.82. The van der Waals surface area contributed by atoms with Crippen molar-refractivity contribution in [3.63, 3.8) is 0 Å². The van der Waals surface area contributed by atoms with E-state index >= 15 is 0 Å². The lowest BCUT2D eigenvalue weighted by Crippen LogP contribution is -2.14. The fourth-order valence-corrected chi connectivity index (χ4v) is 1.59. The molecule has 0 aromatic heterocycles. The molecule has 1 N–H and O–H groups in total. The van der Waals surface area contributed by atoms with E-state index in [1.807, 2.05) is 0 Å². The van der Waals surface area contributed by atoms with Crippen molar-refractivity contribution in [3.05, 3.63) is 12.3 Å². The van der Waals surface area contributed by atoms with Crippen molar-refractivity contribution in [2.75, 3.05) is 6.54 Å². The van der Waals surface area contributed by atoms with Gasteiger partial charge in [-0.15, -0.1) is 0 Å². The zero-order chi connectivity index (χ0) is 11.7. The highest BCUT2D eigenvalue weighted by Crippen LogP contribution is 2.09. The molecule has 15 heavy (non-hydrogen) atoms. The molecule has 0 bridgehead atoms. The Morgan fingerprint density at radius 1 is 1.00 bits per heavy atom. The molecule has 0 radical (unpaired) electrons. The monoisotopic (exact) mass is 211 g/mol. The molecule has 0 aliphatic rings. The second-order valence-corrected chi connectivity index (χ2v) is 5.35. The molecule has 0 rings (SSSR count). The topological polar surface area (TPSA) is 12.0 Å². The minimum Gasteiger partial charge on any atom is -0.389 e. The molecule has 0 spiro atoms. The van der Waals surface area contributed by atoms with Gasteiger partial charge in [0.15, 0.2) is 0 Å². The van der Waals surface area contributed by atoms with Crippen molar-refractivity contribution in [1.82, 2.24) is 5.32 Å². The maximum atomic E-state index is 4.06. The smallest absolute Gasteiger partial charge is 0.0143 e. The Hall–Kier alpha value is -0.460. The highest BCUT2D eigenvalue weighted by molar-refractivity contribution is 4.90. The molecule has 0 amide bonds. The molecule has 0 aromatic carbocycles. The van der Waals surface area contributed by atoms with Crippen LogP contribution in [0.3, 0.4) is 0 Å². The van der Waals surface area contributed by atoms with Crippen molar-refractivity contribution < 1.29 is 0 Å². The molecule has 0 aliphatic carbocycles. The third-order valence-corrected chi connectivity index (χ3v) is 2.59. The Balaban J connectivity index is 3.26. The number of allylic oxidation sites excluding steroid dienone is 1.